The summed E-state index contributed by atoms with van der Waals surface area (Å²) >= 11 is -0.426. The van der Waals surface area contributed by atoms with Crippen molar-refractivity contribution in [1.82, 2.24) is 10.5 Å². The molecule has 9 nitrogen and oxygen atoms in total. The molecule has 2 aromatic carbocycles. The minimum absolute atomic E-state index is 0.00244. The first-order chi connectivity index (χ1) is 15.2. The van der Waals surface area contributed by atoms with Crippen LogP contribution in [0.25, 0.3) is 0 Å². The van der Waals surface area contributed by atoms with Crippen LogP contribution in [0.4, 0.5) is 11.4 Å². The first-order valence-corrected chi connectivity index (χ1v) is 11.9. The summed E-state index contributed by atoms with van der Waals surface area (Å²) in [7, 11) is 0. The highest BCUT2D eigenvalue weighted by Crippen LogP contribution is 2.40. The van der Waals surface area contributed by atoms with Gasteiger partial charge in [0.25, 0.3) is 11.3 Å². The maximum absolute atomic E-state index is 10.9. The zero-order valence-corrected chi connectivity index (χ0v) is 19.4. The third-order valence-electron chi connectivity index (χ3n) is 4.96. The number of nitrogens with one attached hydrogen (secondary N) is 3. The number of hydrogen-bond donors (Lipinski definition) is 4. The second-order valence-corrected chi connectivity index (χ2v) is 10.3. The zero-order valence-electron chi connectivity index (χ0n) is 17.8. The lowest BCUT2D eigenvalue weighted by molar-refractivity contribution is -0.105. The molecule has 1 amide bonds. The average molecular weight is 473 g/mol. The van der Waals surface area contributed by atoms with Gasteiger partial charge < -0.3 is 5.32 Å². The van der Waals surface area contributed by atoms with Crippen LogP contribution in [0.2, 0.25) is 0 Å². The standard InChI is InChI=1S/C21H24N6O3S2/c1-21(2,3)18-17(31-16-10-8-14(9-11-16)22-12-28)20-23-19(25-27(20)24-18)13-4-6-15(7-5-13)26-32(29)30/h4-12,17,20,26H,1-3H3,(H,22,28)(H,23,25)(H,29,30). The van der Waals surface area contributed by atoms with Gasteiger partial charge in [0.15, 0.2) is 12.0 Å². The Kier molecular flexibility index (Phi) is 6.22. The predicted octanol–water partition coefficient (Wildman–Crippen LogP) is 3.27. The van der Waals surface area contributed by atoms with Crippen LogP contribution >= 0.6 is 11.8 Å². The van der Waals surface area contributed by atoms with Crippen molar-refractivity contribution in [3.63, 3.8) is 0 Å². The van der Waals surface area contributed by atoms with E-state index >= 15 is 0 Å². The molecule has 2 aliphatic rings. The van der Waals surface area contributed by atoms with E-state index in [1.54, 1.807) is 29.0 Å². The molecule has 11 heteroatoms. The van der Waals surface area contributed by atoms with Crippen LogP contribution in [0.1, 0.15) is 26.3 Å². The Morgan fingerprint density at radius 2 is 1.78 bits per heavy atom. The monoisotopic (exact) mass is 472 g/mol. The number of thioether (sulfide) groups is 1. The zero-order chi connectivity index (χ0) is 22.9. The van der Waals surface area contributed by atoms with Gasteiger partial charge in [-0.15, -0.1) is 11.8 Å². The molecule has 168 valence electrons. The van der Waals surface area contributed by atoms with E-state index in [-0.39, 0.29) is 16.8 Å². The van der Waals surface area contributed by atoms with Crippen LogP contribution in [-0.4, -0.2) is 43.3 Å². The smallest absolute Gasteiger partial charge is 0.259 e. The third kappa shape index (κ3) is 4.79. The van der Waals surface area contributed by atoms with Gasteiger partial charge in [-0.05, 0) is 48.5 Å². The molecule has 0 aliphatic carbocycles. The first-order valence-electron chi connectivity index (χ1n) is 9.92. The van der Waals surface area contributed by atoms with Crippen molar-refractivity contribution >= 4 is 52.4 Å². The van der Waals surface area contributed by atoms with Gasteiger partial charge in [0, 0.05) is 27.2 Å². The van der Waals surface area contributed by atoms with Gasteiger partial charge in [-0.1, -0.05) is 20.8 Å². The lowest BCUT2D eigenvalue weighted by Gasteiger charge is -2.24. The Labute approximate surface area is 193 Å². The second-order valence-electron chi connectivity index (χ2n) is 8.34. The number of rotatable bonds is 7. The molecule has 4 N–H and O–H groups in total. The molecule has 32 heavy (non-hydrogen) atoms. The van der Waals surface area contributed by atoms with Crippen LogP contribution in [0.5, 0.6) is 0 Å². The Balaban J connectivity index is 1.57. The summed E-state index contributed by atoms with van der Waals surface area (Å²) in [6.07, 6.45) is 0.452. The summed E-state index contributed by atoms with van der Waals surface area (Å²) < 4.78 is 22.3. The fourth-order valence-corrected chi connectivity index (χ4v) is 5.19. The maximum atomic E-state index is 10.9. The van der Waals surface area contributed by atoms with E-state index in [1.165, 1.54) is 0 Å². The molecular formula is C21H24N6O3S2. The SMILES string of the molecule is CC(C)(C)C1=NN2NC(c3ccc(NS(=O)O)cc3)=NC2C1Sc1ccc(NC=O)cc1. The van der Waals surface area contributed by atoms with Crippen LogP contribution in [-0.2, 0) is 16.1 Å². The fraction of sp³-hybridized carbons (Fsp3) is 0.286. The van der Waals surface area contributed by atoms with Crippen LogP contribution in [0, 0.1) is 5.41 Å². The average Bonchev–Trinajstić information content (AvgIpc) is 3.29. The molecule has 0 saturated heterocycles. The van der Waals surface area contributed by atoms with Crippen molar-refractivity contribution in [3.8, 4) is 0 Å². The summed E-state index contributed by atoms with van der Waals surface area (Å²) in [5.41, 5.74) is 6.33. The number of hydrogen-bond acceptors (Lipinski definition) is 7. The van der Waals surface area contributed by atoms with Crippen molar-refractivity contribution in [1.29, 1.82) is 0 Å². The Bertz CT molecular complexity index is 1080. The molecular weight excluding hydrogens is 448 g/mol. The molecule has 0 saturated carbocycles. The first kappa shape index (κ1) is 22.3. The van der Waals surface area contributed by atoms with Crippen molar-refractivity contribution in [2.45, 2.75) is 37.1 Å². The van der Waals surface area contributed by atoms with Gasteiger partial charge in [-0.3, -0.25) is 19.5 Å². The molecule has 0 spiro atoms. The highest BCUT2D eigenvalue weighted by Gasteiger charge is 2.46. The van der Waals surface area contributed by atoms with Crippen LogP contribution in [0.15, 0.2) is 63.5 Å². The number of amidine groups is 1. The van der Waals surface area contributed by atoms with Crippen molar-refractivity contribution in [2.75, 3.05) is 10.0 Å². The van der Waals surface area contributed by atoms with Gasteiger partial charge in [-0.2, -0.15) is 10.2 Å². The molecule has 4 rings (SSSR count). The molecule has 0 radical (unpaired) electrons. The number of hydrazine groups is 1. The van der Waals surface area contributed by atoms with E-state index < -0.39 is 11.3 Å². The summed E-state index contributed by atoms with van der Waals surface area (Å²) in [6.45, 7) is 6.42. The number of carbonyl (C=O) groups is 1. The number of aliphatic imine (C=N–C) groups is 1. The Hall–Kier alpha value is -2.89. The fourth-order valence-electron chi connectivity index (χ4n) is 3.46. The number of benzene rings is 2. The highest BCUT2D eigenvalue weighted by molar-refractivity contribution is 8.00. The Morgan fingerprint density at radius 1 is 1.12 bits per heavy atom. The summed E-state index contributed by atoms with van der Waals surface area (Å²) in [4.78, 5) is 16.6. The molecule has 2 heterocycles. The molecule has 0 fully saturated rings. The molecule has 3 atom stereocenters. The summed E-state index contributed by atoms with van der Waals surface area (Å²) in [5, 5.41) is 9.28. The third-order valence-corrected chi connectivity index (χ3v) is 6.64. The normalized spacial score (nSPS) is 20.7. The van der Waals surface area contributed by atoms with E-state index in [9.17, 15) is 9.00 Å². The molecule has 3 unspecified atom stereocenters. The predicted molar refractivity (Wildman–Crippen MR) is 129 cm³/mol. The van der Waals surface area contributed by atoms with E-state index in [2.05, 4.69) is 36.2 Å². The van der Waals surface area contributed by atoms with Gasteiger partial charge >= 0.3 is 0 Å². The number of amides is 1. The molecule has 0 bridgehead atoms. The van der Waals surface area contributed by atoms with Gasteiger partial charge in [-0.25, -0.2) is 9.20 Å². The van der Waals surface area contributed by atoms with Crippen LogP contribution < -0.4 is 15.5 Å². The van der Waals surface area contributed by atoms with Gasteiger partial charge in [0.2, 0.25) is 6.41 Å². The maximum Gasteiger partial charge on any atom is 0.259 e. The minimum Gasteiger partial charge on any atom is -0.329 e. The van der Waals surface area contributed by atoms with Gasteiger partial charge in [0.1, 0.15) is 0 Å². The lowest BCUT2D eigenvalue weighted by Crippen LogP contribution is -2.38. The van der Waals surface area contributed by atoms with E-state index in [4.69, 9.17) is 14.6 Å². The van der Waals surface area contributed by atoms with Crippen molar-refractivity contribution in [2.24, 2.45) is 15.5 Å². The Morgan fingerprint density at radius 3 is 2.38 bits per heavy atom. The van der Waals surface area contributed by atoms with E-state index in [1.807, 2.05) is 36.4 Å². The summed E-state index contributed by atoms with van der Waals surface area (Å²) in [6, 6.07) is 14.8. The molecule has 2 aliphatic heterocycles. The molecule has 2 aromatic rings. The van der Waals surface area contributed by atoms with Crippen LogP contribution in [0.3, 0.4) is 0 Å². The number of anilines is 2. The highest BCUT2D eigenvalue weighted by atomic mass is 32.2. The minimum atomic E-state index is -2.11. The van der Waals surface area contributed by atoms with Gasteiger partial charge in [0.05, 0.1) is 11.0 Å². The number of hydrazone groups is 1. The molecule has 0 aromatic heterocycles. The topological polar surface area (TPSA) is 118 Å². The summed E-state index contributed by atoms with van der Waals surface area (Å²) in [5.74, 6) is 0.694. The second kappa shape index (κ2) is 8.93. The van der Waals surface area contributed by atoms with E-state index in [0.29, 0.717) is 17.9 Å². The van der Waals surface area contributed by atoms with Crippen molar-refractivity contribution in [3.05, 3.63) is 54.1 Å². The van der Waals surface area contributed by atoms with Crippen molar-refractivity contribution < 1.29 is 13.6 Å². The lowest BCUT2D eigenvalue weighted by atomic mass is 9.88. The van der Waals surface area contributed by atoms with E-state index in [0.717, 1.165) is 21.9 Å². The largest absolute Gasteiger partial charge is 0.329 e. The number of fused-ring (bicyclic) bond motifs is 1. The quantitative estimate of drug-likeness (QED) is 0.363. The number of carbonyl (C=O) groups excluding carboxylic acids is 1. The number of nitrogens with zero attached hydrogens (tertiary/aromatic N) is 3.